The Kier molecular flexibility index (Phi) is 6.55. The molecule has 1 fully saturated rings. The molecular weight excluding hydrogens is 356 g/mol. The summed E-state index contributed by atoms with van der Waals surface area (Å²) in [5.41, 5.74) is -1.72. The smallest absolute Gasteiger partial charge is 0.338 e. The Morgan fingerprint density at radius 3 is 2.33 bits per heavy atom. The standard InChI is InChI=1S/C19H20O8/c1-4-10-19(23)15(11-24-17(22)14-8-6-5-7-9-14)27-18(26-13(3)21)16(19)25-12(2)20/h5-9,15-16,18,23H,11H2,1-3H3/t15-,16+,18+,19-/m1/s1. The molecule has 0 aliphatic carbocycles. The van der Waals surface area contributed by atoms with Gasteiger partial charge in [-0.05, 0) is 19.1 Å². The maximum absolute atomic E-state index is 12.1. The first-order valence-corrected chi connectivity index (χ1v) is 8.16. The van der Waals surface area contributed by atoms with E-state index in [2.05, 4.69) is 11.8 Å². The van der Waals surface area contributed by atoms with Crippen molar-refractivity contribution >= 4 is 17.9 Å². The van der Waals surface area contributed by atoms with Gasteiger partial charge in [-0.2, -0.15) is 0 Å². The van der Waals surface area contributed by atoms with Gasteiger partial charge in [-0.25, -0.2) is 4.79 Å². The van der Waals surface area contributed by atoms with Crippen molar-refractivity contribution in [3.63, 3.8) is 0 Å². The lowest BCUT2D eigenvalue weighted by Gasteiger charge is -2.27. The van der Waals surface area contributed by atoms with Gasteiger partial charge >= 0.3 is 17.9 Å². The molecule has 1 N–H and O–H groups in total. The third-order valence-electron chi connectivity index (χ3n) is 3.75. The third-order valence-corrected chi connectivity index (χ3v) is 3.75. The van der Waals surface area contributed by atoms with E-state index in [0.29, 0.717) is 5.56 Å². The van der Waals surface area contributed by atoms with Crippen LogP contribution in [0.25, 0.3) is 0 Å². The van der Waals surface area contributed by atoms with Crippen LogP contribution in [0, 0.1) is 11.8 Å². The molecule has 144 valence electrons. The van der Waals surface area contributed by atoms with Gasteiger partial charge in [0.1, 0.15) is 12.7 Å². The highest BCUT2D eigenvalue weighted by molar-refractivity contribution is 5.89. The van der Waals surface area contributed by atoms with Crippen LogP contribution in [0.3, 0.4) is 0 Å². The maximum Gasteiger partial charge on any atom is 0.338 e. The molecule has 1 saturated heterocycles. The molecular formula is C19H20O8. The van der Waals surface area contributed by atoms with Crippen LogP contribution in [0.15, 0.2) is 30.3 Å². The summed E-state index contributed by atoms with van der Waals surface area (Å²) in [6.45, 7) is 3.35. The Labute approximate surface area is 156 Å². The predicted octanol–water partition coefficient (Wildman–Crippen LogP) is 0.817. The van der Waals surface area contributed by atoms with Crippen LogP contribution < -0.4 is 0 Å². The average molecular weight is 376 g/mol. The molecule has 1 aromatic carbocycles. The molecule has 0 aromatic heterocycles. The Balaban J connectivity index is 2.21. The monoisotopic (exact) mass is 376 g/mol. The number of esters is 3. The summed E-state index contributed by atoms with van der Waals surface area (Å²) in [7, 11) is 0. The first kappa shape index (κ1) is 20.4. The first-order chi connectivity index (χ1) is 12.8. The summed E-state index contributed by atoms with van der Waals surface area (Å²) >= 11 is 0. The largest absolute Gasteiger partial charge is 0.459 e. The van der Waals surface area contributed by atoms with E-state index in [0.717, 1.165) is 13.8 Å². The molecule has 0 saturated carbocycles. The van der Waals surface area contributed by atoms with Gasteiger partial charge in [0, 0.05) is 13.8 Å². The second-order valence-electron chi connectivity index (χ2n) is 5.80. The van der Waals surface area contributed by atoms with E-state index in [1.54, 1.807) is 30.3 Å². The highest BCUT2D eigenvalue weighted by Crippen LogP contribution is 2.34. The van der Waals surface area contributed by atoms with Crippen LogP contribution in [0.2, 0.25) is 0 Å². The van der Waals surface area contributed by atoms with Gasteiger partial charge in [-0.1, -0.05) is 24.1 Å². The van der Waals surface area contributed by atoms with Crippen molar-refractivity contribution in [3.05, 3.63) is 35.9 Å². The Bertz CT molecular complexity index is 763. The Morgan fingerprint density at radius 2 is 1.78 bits per heavy atom. The summed E-state index contributed by atoms with van der Waals surface area (Å²) in [5.74, 6) is 2.98. The molecule has 1 aliphatic heterocycles. The van der Waals surface area contributed by atoms with E-state index < -0.39 is 48.6 Å². The number of carbonyl (C=O) groups excluding carboxylic acids is 3. The zero-order valence-electron chi connectivity index (χ0n) is 15.1. The van der Waals surface area contributed by atoms with Crippen molar-refractivity contribution in [2.75, 3.05) is 6.61 Å². The third kappa shape index (κ3) is 4.84. The van der Waals surface area contributed by atoms with Crippen molar-refractivity contribution in [1.29, 1.82) is 0 Å². The Hall–Kier alpha value is -2.89. The van der Waals surface area contributed by atoms with Gasteiger partial charge in [0.25, 0.3) is 0 Å². The van der Waals surface area contributed by atoms with Crippen molar-refractivity contribution in [1.82, 2.24) is 0 Å². The molecule has 0 unspecified atom stereocenters. The molecule has 2 rings (SSSR count). The molecule has 0 bridgehead atoms. The number of benzene rings is 1. The van der Waals surface area contributed by atoms with E-state index in [9.17, 15) is 19.5 Å². The summed E-state index contributed by atoms with van der Waals surface area (Å²) in [6, 6.07) is 8.24. The van der Waals surface area contributed by atoms with Gasteiger partial charge in [0.05, 0.1) is 5.56 Å². The van der Waals surface area contributed by atoms with E-state index in [-0.39, 0.29) is 0 Å². The molecule has 27 heavy (non-hydrogen) atoms. The van der Waals surface area contributed by atoms with Crippen molar-refractivity contribution < 1.29 is 38.4 Å². The maximum atomic E-state index is 12.1. The highest BCUT2D eigenvalue weighted by Gasteiger charge is 2.59. The second kappa shape index (κ2) is 8.66. The lowest BCUT2D eigenvalue weighted by molar-refractivity contribution is -0.196. The summed E-state index contributed by atoms with van der Waals surface area (Å²) in [6.07, 6.45) is -3.99. The normalized spacial score (nSPS) is 26.4. The summed E-state index contributed by atoms with van der Waals surface area (Å²) < 4.78 is 20.7. The Morgan fingerprint density at radius 1 is 1.15 bits per heavy atom. The number of aliphatic hydroxyl groups is 1. The van der Waals surface area contributed by atoms with Crippen LogP contribution in [0.4, 0.5) is 0 Å². The molecule has 8 heteroatoms. The fourth-order valence-electron chi connectivity index (χ4n) is 2.63. The summed E-state index contributed by atoms with van der Waals surface area (Å²) in [4.78, 5) is 34.9. The van der Waals surface area contributed by atoms with Crippen LogP contribution in [-0.2, 0) is 28.5 Å². The molecule has 1 aromatic rings. The van der Waals surface area contributed by atoms with Gasteiger partial charge in [-0.3, -0.25) is 9.59 Å². The van der Waals surface area contributed by atoms with Crippen LogP contribution in [-0.4, -0.2) is 53.7 Å². The van der Waals surface area contributed by atoms with Crippen LogP contribution >= 0.6 is 0 Å². The minimum absolute atomic E-state index is 0.314. The lowest BCUT2D eigenvalue weighted by Crippen LogP contribution is -2.51. The molecule has 1 aliphatic rings. The quantitative estimate of drug-likeness (QED) is 0.457. The zero-order chi connectivity index (χ0) is 20.0. The average Bonchev–Trinajstić information content (AvgIpc) is 2.85. The topological polar surface area (TPSA) is 108 Å². The van der Waals surface area contributed by atoms with Crippen LogP contribution in [0.1, 0.15) is 31.1 Å². The van der Waals surface area contributed by atoms with Gasteiger partial charge in [-0.15, -0.1) is 5.92 Å². The summed E-state index contributed by atoms with van der Waals surface area (Å²) in [5, 5.41) is 11.0. The number of carbonyl (C=O) groups is 3. The molecule has 4 atom stereocenters. The van der Waals surface area contributed by atoms with Gasteiger partial charge in [0.15, 0.2) is 5.60 Å². The minimum atomic E-state index is -2.03. The highest BCUT2D eigenvalue weighted by atomic mass is 16.7. The van der Waals surface area contributed by atoms with Crippen molar-refractivity contribution in [2.45, 2.75) is 44.9 Å². The number of rotatable bonds is 5. The fourth-order valence-corrected chi connectivity index (χ4v) is 2.63. The SMILES string of the molecule is CC#C[C@@]1(O)[C@@H](COC(=O)c2ccccc2)O[C@H](OC(C)=O)[C@@H]1OC(C)=O. The minimum Gasteiger partial charge on any atom is -0.459 e. The van der Waals surface area contributed by atoms with Crippen molar-refractivity contribution in [3.8, 4) is 11.8 Å². The molecule has 0 amide bonds. The second-order valence-corrected chi connectivity index (χ2v) is 5.80. The van der Waals surface area contributed by atoms with Crippen LogP contribution in [0.5, 0.6) is 0 Å². The zero-order valence-corrected chi connectivity index (χ0v) is 15.1. The van der Waals surface area contributed by atoms with E-state index >= 15 is 0 Å². The first-order valence-electron chi connectivity index (χ1n) is 8.16. The molecule has 0 spiro atoms. The van der Waals surface area contributed by atoms with Gasteiger partial charge in [0.2, 0.25) is 12.4 Å². The van der Waals surface area contributed by atoms with Crippen molar-refractivity contribution in [2.24, 2.45) is 0 Å². The van der Waals surface area contributed by atoms with Gasteiger partial charge < -0.3 is 24.1 Å². The predicted molar refractivity (Wildman–Crippen MR) is 91.1 cm³/mol. The van der Waals surface area contributed by atoms with E-state index in [1.165, 1.54) is 6.92 Å². The number of hydrogen-bond donors (Lipinski definition) is 1. The molecule has 8 nitrogen and oxygen atoms in total. The number of ether oxygens (including phenoxy) is 4. The fraction of sp³-hybridized carbons (Fsp3) is 0.421. The van der Waals surface area contributed by atoms with E-state index in [1.807, 2.05) is 0 Å². The molecule has 0 radical (unpaired) electrons. The van der Waals surface area contributed by atoms with E-state index in [4.69, 9.17) is 18.9 Å². The lowest BCUT2D eigenvalue weighted by atomic mass is 9.93. The number of hydrogen-bond acceptors (Lipinski definition) is 8. The molecule has 1 heterocycles.